The summed E-state index contributed by atoms with van der Waals surface area (Å²) in [5, 5.41) is 3.46. The number of hydrogen-bond donors (Lipinski definition) is 1. The topological polar surface area (TPSA) is 64.1 Å². The molecule has 1 aliphatic rings. The van der Waals surface area contributed by atoms with Gasteiger partial charge in [-0.1, -0.05) is 26.2 Å². The van der Waals surface area contributed by atoms with Gasteiger partial charge in [-0.2, -0.15) is 0 Å². The van der Waals surface area contributed by atoms with E-state index >= 15 is 0 Å². The van der Waals surface area contributed by atoms with E-state index in [1.165, 1.54) is 45.4 Å². The summed E-state index contributed by atoms with van der Waals surface area (Å²) in [6, 6.07) is 0.438. The summed E-state index contributed by atoms with van der Waals surface area (Å²) in [6.07, 6.45) is 10.7. The van der Waals surface area contributed by atoms with E-state index in [9.17, 15) is 4.79 Å². The lowest BCUT2D eigenvalue weighted by atomic mass is 9.83. The molecule has 1 aromatic rings. The fourth-order valence-corrected chi connectivity index (χ4v) is 2.89. The van der Waals surface area contributed by atoms with E-state index in [4.69, 9.17) is 0 Å². The first-order valence-corrected chi connectivity index (χ1v) is 7.41. The molecule has 1 aliphatic carbocycles. The summed E-state index contributed by atoms with van der Waals surface area (Å²) in [4.78, 5) is 19.6. The van der Waals surface area contributed by atoms with Crippen LogP contribution in [0.1, 0.15) is 55.9 Å². The van der Waals surface area contributed by atoms with Crippen molar-refractivity contribution in [3.8, 4) is 0 Å². The van der Waals surface area contributed by atoms with Crippen LogP contribution < -0.4 is 5.32 Å². The first-order chi connectivity index (χ1) is 9.74. The van der Waals surface area contributed by atoms with Crippen LogP contribution in [-0.2, 0) is 4.74 Å². The number of nitrogens with zero attached hydrogens (tertiary/aromatic N) is 2. The maximum Gasteiger partial charge on any atom is 0.358 e. The van der Waals surface area contributed by atoms with E-state index in [2.05, 4.69) is 26.9 Å². The molecule has 0 spiro atoms. The number of hydrogen-bond acceptors (Lipinski definition) is 5. The average Bonchev–Trinajstić information content (AvgIpc) is 2.53. The second kappa shape index (κ2) is 7.22. The second-order valence-corrected chi connectivity index (χ2v) is 5.34. The van der Waals surface area contributed by atoms with Crippen LogP contribution in [0.3, 0.4) is 0 Å². The van der Waals surface area contributed by atoms with Crippen LogP contribution in [-0.4, -0.2) is 29.1 Å². The maximum atomic E-state index is 11.3. The van der Waals surface area contributed by atoms with Gasteiger partial charge in [0.2, 0.25) is 0 Å². The summed E-state index contributed by atoms with van der Waals surface area (Å²) >= 11 is 0. The van der Waals surface area contributed by atoms with Crippen LogP contribution >= 0.6 is 0 Å². The number of carbonyl (C=O) groups is 1. The zero-order valence-electron chi connectivity index (χ0n) is 12.3. The van der Waals surface area contributed by atoms with Gasteiger partial charge < -0.3 is 10.1 Å². The Morgan fingerprint density at radius 2 is 2.10 bits per heavy atom. The van der Waals surface area contributed by atoms with Crippen molar-refractivity contribution in [2.24, 2.45) is 5.92 Å². The number of carbonyl (C=O) groups excluding carboxylic acids is 1. The minimum atomic E-state index is -0.455. The summed E-state index contributed by atoms with van der Waals surface area (Å²) in [7, 11) is 1.34. The lowest BCUT2D eigenvalue weighted by Gasteiger charge is -2.30. The summed E-state index contributed by atoms with van der Waals surface area (Å²) in [6.45, 7) is 2.20. The number of ether oxygens (including phenoxy) is 1. The molecule has 1 saturated carbocycles. The van der Waals surface area contributed by atoms with Gasteiger partial charge in [0.1, 0.15) is 5.82 Å². The molecule has 0 aliphatic heterocycles. The molecule has 2 rings (SSSR count). The van der Waals surface area contributed by atoms with Gasteiger partial charge in [-0.15, -0.1) is 0 Å². The normalized spacial score (nSPS) is 17.5. The van der Waals surface area contributed by atoms with Crippen molar-refractivity contribution in [1.29, 1.82) is 0 Å². The van der Waals surface area contributed by atoms with Crippen molar-refractivity contribution >= 4 is 11.8 Å². The summed E-state index contributed by atoms with van der Waals surface area (Å²) in [5.74, 6) is 0.995. The molecule has 0 radical (unpaired) electrons. The van der Waals surface area contributed by atoms with Crippen molar-refractivity contribution in [2.75, 3.05) is 12.4 Å². The van der Waals surface area contributed by atoms with Gasteiger partial charge in [0, 0.05) is 6.04 Å². The van der Waals surface area contributed by atoms with Gasteiger partial charge in [-0.25, -0.2) is 14.8 Å². The van der Waals surface area contributed by atoms with Gasteiger partial charge in [0.25, 0.3) is 0 Å². The van der Waals surface area contributed by atoms with Crippen molar-refractivity contribution in [2.45, 2.75) is 51.5 Å². The fourth-order valence-electron chi connectivity index (χ4n) is 2.89. The Kier molecular flexibility index (Phi) is 5.32. The van der Waals surface area contributed by atoms with Crippen LogP contribution in [0.2, 0.25) is 0 Å². The molecular weight excluding hydrogens is 254 g/mol. The molecule has 20 heavy (non-hydrogen) atoms. The molecule has 0 saturated heterocycles. The predicted molar refractivity (Wildman–Crippen MR) is 77.6 cm³/mol. The van der Waals surface area contributed by atoms with Crippen LogP contribution in [0.4, 0.5) is 5.82 Å². The van der Waals surface area contributed by atoms with E-state index in [0.29, 0.717) is 6.04 Å². The van der Waals surface area contributed by atoms with E-state index in [1.807, 2.05) is 0 Å². The predicted octanol–water partition coefficient (Wildman–Crippen LogP) is 3.03. The number of rotatable bonds is 5. The van der Waals surface area contributed by atoms with Crippen LogP contribution in [0.25, 0.3) is 0 Å². The molecule has 0 bridgehead atoms. The van der Waals surface area contributed by atoms with Gasteiger partial charge >= 0.3 is 5.97 Å². The summed E-state index contributed by atoms with van der Waals surface area (Å²) < 4.78 is 4.61. The molecule has 1 aromatic heterocycles. The van der Waals surface area contributed by atoms with Gasteiger partial charge in [0.05, 0.1) is 19.5 Å². The van der Waals surface area contributed by atoms with Crippen LogP contribution in [0.15, 0.2) is 12.4 Å². The Morgan fingerprint density at radius 3 is 2.65 bits per heavy atom. The number of nitrogens with one attached hydrogen (secondary N) is 1. The number of methoxy groups -OCH3 is 1. The van der Waals surface area contributed by atoms with Gasteiger partial charge in [-0.3, -0.25) is 0 Å². The van der Waals surface area contributed by atoms with Crippen molar-refractivity contribution in [3.63, 3.8) is 0 Å². The number of aromatic nitrogens is 2. The minimum absolute atomic E-state index is 0.240. The molecule has 1 atom stereocenters. The average molecular weight is 277 g/mol. The van der Waals surface area contributed by atoms with Crippen molar-refractivity contribution in [1.82, 2.24) is 9.97 Å². The number of esters is 1. The molecule has 5 heteroatoms. The molecule has 0 aromatic carbocycles. The minimum Gasteiger partial charge on any atom is -0.464 e. The molecule has 1 N–H and O–H groups in total. The Morgan fingerprint density at radius 1 is 1.35 bits per heavy atom. The van der Waals surface area contributed by atoms with Gasteiger partial charge in [-0.05, 0) is 25.2 Å². The quantitative estimate of drug-likeness (QED) is 0.838. The highest BCUT2D eigenvalue weighted by Crippen LogP contribution is 2.29. The first-order valence-electron chi connectivity index (χ1n) is 7.41. The Balaban J connectivity index is 1.98. The maximum absolute atomic E-state index is 11.3. The van der Waals surface area contributed by atoms with Crippen molar-refractivity contribution < 1.29 is 9.53 Å². The Labute approximate surface area is 120 Å². The largest absolute Gasteiger partial charge is 0.464 e. The zero-order chi connectivity index (χ0) is 14.4. The highest BCUT2D eigenvalue weighted by atomic mass is 16.5. The van der Waals surface area contributed by atoms with E-state index in [1.54, 1.807) is 6.20 Å². The van der Waals surface area contributed by atoms with E-state index in [0.717, 1.165) is 18.2 Å². The van der Waals surface area contributed by atoms with Crippen LogP contribution in [0, 0.1) is 5.92 Å². The molecular formula is C15H23N3O2. The first kappa shape index (κ1) is 14.8. The molecule has 1 heterocycles. The highest BCUT2D eigenvalue weighted by molar-refractivity contribution is 5.86. The molecule has 1 unspecified atom stereocenters. The second-order valence-electron chi connectivity index (χ2n) is 5.34. The third-order valence-electron chi connectivity index (χ3n) is 4.04. The number of anilines is 1. The third kappa shape index (κ3) is 3.68. The standard InChI is InChI=1S/C15H23N3O2/c1-3-12(11-7-5-4-6-8-11)18-14-10-16-13(9-17-14)15(19)20-2/h9-12H,3-8H2,1-2H3,(H,17,18). The highest BCUT2D eigenvalue weighted by Gasteiger charge is 2.22. The SMILES string of the molecule is CCC(Nc1cnc(C(=O)OC)cn1)C1CCCCC1. The molecule has 5 nitrogen and oxygen atoms in total. The lowest BCUT2D eigenvalue weighted by molar-refractivity contribution is 0.0593. The monoisotopic (exact) mass is 277 g/mol. The smallest absolute Gasteiger partial charge is 0.358 e. The van der Waals surface area contributed by atoms with E-state index in [-0.39, 0.29) is 5.69 Å². The molecule has 0 amide bonds. The zero-order valence-corrected chi connectivity index (χ0v) is 12.3. The van der Waals surface area contributed by atoms with E-state index < -0.39 is 5.97 Å². The lowest BCUT2D eigenvalue weighted by Crippen LogP contribution is -2.30. The fraction of sp³-hybridized carbons (Fsp3) is 0.667. The van der Waals surface area contributed by atoms with Gasteiger partial charge in [0.15, 0.2) is 5.69 Å². The summed E-state index contributed by atoms with van der Waals surface area (Å²) in [5.41, 5.74) is 0.240. The third-order valence-corrected chi connectivity index (χ3v) is 4.04. The van der Waals surface area contributed by atoms with Crippen molar-refractivity contribution in [3.05, 3.63) is 18.1 Å². The molecule has 110 valence electrons. The Hall–Kier alpha value is -1.65. The molecule has 1 fully saturated rings. The Bertz CT molecular complexity index is 427. The van der Waals surface area contributed by atoms with Crippen LogP contribution in [0.5, 0.6) is 0 Å².